The van der Waals surface area contributed by atoms with E-state index in [1.807, 2.05) is 13.8 Å². The number of carbonyl (C=O) groups is 2. The summed E-state index contributed by atoms with van der Waals surface area (Å²) in [6, 6.07) is 5.04. The van der Waals surface area contributed by atoms with Crippen LogP contribution in [0.5, 0.6) is 11.5 Å². The van der Waals surface area contributed by atoms with E-state index in [1.165, 1.54) is 0 Å². The molecule has 0 radical (unpaired) electrons. The van der Waals surface area contributed by atoms with Gasteiger partial charge in [-0.2, -0.15) is 0 Å². The molecule has 0 aliphatic carbocycles. The first-order valence-electron chi connectivity index (χ1n) is 6.73. The van der Waals surface area contributed by atoms with E-state index in [9.17, 15) is 9.59 Å². The molecule has 0 unspecified atom stereocenters. The molecule has 0 saturated heterocycles. The number of hydrogen-bond acceptors (Lipinski definition) is 4. The second-order valence-corrected chi connectivity index (χ2v) is 4.32. The molecule has 0 atom stereocenters. The van der Waals surface area contributed by atoms with Crippen LogP contribution >= 0.6 is 0 Å². The fourth-order valence-electron chi connectivity index (χ4n) is 1.68. The van der Waals surface area contributed by atoms with Crippen molar-refractivity contribution >= 4 is 11.8 Å². The number of hydrogen-bond donors (Lipinski definition) is 1. The van der Waals surface area contributed by atoms with Gasteiger partial charge in [-0.15, -0.1) is 0 Å². The van der Waals surface area contributed by atoms with Crippen molar-refractivity contribution in [2.75, 3.05) is 13.2 Å². The lowest BCUT2D eigenvalue weighted by atomic mass is 10.1. The Morgan fingerprint density at radius 2 is 1.55 bits per heavy atom. The van der Waals surface area contributed by atoms with E-state index in [-0.39, 0.29) is 5.56 Å². The van der Waals surface area contributed by atoms with Crippen molar-refractivity contribution in [3.05, 3.63) is 23.8 Å². The Morgan fingerprint density at radius 3 is 1.95 bits per heavy atom. The molecule has 0 amide bonds. The van der Waals surface area contributed by atoms with Crippen molar-refractivity contribution < 1.29 is 24.2 Å². The third-order valence-electron chi connectivity index (χ3n) is 2.50. The minimum Gasteiger partial charge on any atom is -0.493 e. The number of Topliss-reactive ketones (excluding diaryl/α,β-unsaturated/α-hetero) is 1. The summed E-state index contributed by atoms with van der Waals surface area (Å²) in [5, 5.41) is 8.78. The van der Waals surface area contributed by atoms with Crippen molar-refractivity contribution in [2.24, 2.45) is 0 Å². The number of rotatable bonds is 9. The maximum Gasteiger partial charge on any atom is 0.311 e. The first-order valence-corrected chi connectivity index (χ1v) is 6.73. The number of carbonyl (C=O) groups excluding carboxylic acids is 1. The molecule has 1 aromatic carbocycles. The smallest absolute Gasteiger partial charge is 0.311 e. The van der Waals surface area contributed by atoms with Crippen LogP contribution in [-0.4, -0.2) is 30.1 Å². The molecule has 0 aliphatic rings. The highest BCUT2D eigenvalue weighted by atomic mass is 16.5. The lowest BCUT2D eigenvalue weighted by Gasteiger charge is -2.14. The lowest BCUT2D eigenvalue weighted by molar-refractivity contribution is -0.135. The predicted molar refractivity (Wildman–Crippen MR) is 74.6 cm³/mol. The Labute approximate surface area is 118 Å². The predicted octanol–water partition coefficient (Wildman–Crippen LogP) is 2.92. The Balaban J connectivity index is 3.09. The summed E-state index contributed by atoms with van der Waals surface area (Å²) in [6.45, 7) is 4.83. The molecule has 20 heavy (non-hydrogen) atoms. The molecule has 0 bridgehead atoms. The van der Waals surface area contributed by atoms with Gasteiger partial charge >= 0.3 is 5.97 Å². The summed E-state index contributed by atoms with van der Waals surface area (Å²) >= 11 is 0. The average molecular weight is 280 g/mol. The number of carboxylic acids is 1. The number of ketones is 1. The lowest BCUT2D eigenvalue weighted by Crippen LogP contribution is -2.12. The molecule has 0 saturated carbocycles. The van der Waals surface area contributed by atoms with Crippen LogP contribution in [0, 0.1) is 0 Å². The number of aliphatic carboxylic acids is 1. The highest BCUT2D eigenvalue weighted by Gasteiger charge is 2.21. The van der Waals surface area contributed by atoms with E-state index in [0.29, 0.717) is 24.7 Å². The standard InChI is InChI=1S/C15H20O5/c1-3-8-19-12-6-5-7-13(20-9-4-2)15(12)11(16)10-14(17)18/h5-7H,3-4,8-10H2,1-2H3,(H,17,18). The van der Waals surface area contributed by atoms with Gasteiger partial charge in [0, 0.05) is 0 Å². The fourth-order valence-corrected chi connectivity index (χ4v) is 1.68. The van der Waals surface area contributed by atoms with Crippen LogP contribution in [0.3, 0.4) is 0 Å². The molecule has 0 fully saturated rings. The van der Waals surface area contributed by atoms with Gasteiger partial charge in [0.15, 0.2) is 5.78 Å². The minimum absolute atomic E-state index is 0.219. The van der Waals surface area contributed by atoms with Crippen LogP contribution in [0.25, 0.3) is 0 Å². The molecule has 0 spiro atoms. The molecule has 1 rings (SSSR count). The maximum atomic E-state index is 12.1. The van der Waals surface area contributed by atoms with Gasteiger partial charge < -0.3 is 14.6 Å². The Morgan fingerprint density at radius 1 is 1.05 bits per heavy atom. The van der Waals surface area contributed by atoms with Gasteiger partial charge in [0.05, 0.1) is 13.2 Å². The summed E-state index contributed by atoms with van der Waals surface area (Å²) in [5.41, 5.74) is 0.219. The fraction of sp³-hybridized carbons (Fsp3) is 0.467. The molecule has 5 nitrogen and oxygen atoms in total. The Kier molecular flexibility index (Phi) is 6.56. The molecule has 0 heterocycles. The van der Waals surface area contributed by atoms with E-state index in [0.717, 1.165) is 12.8 Å². The van der Waals surface area contributed by atoms with Gasteiger partial charge in [-0.25, -0.2) is 0 Å². The van der Waals surface area contributed by atoms with Crippen LogP contribution in [0.2, 0.25) is 0 Å². The van der Waals surface area contributed by atoms with Crippen molar-refractivity contribution in [3.63, 3.8) is 0 Å². The third kappa shape index (κ3) is 4.57. The van der Waals surface area contributed by atoms with Gasteiger partial charge in [0.25, 0.3) is 0 Å². The van der Waals surface area contributed by atoms with Gasteiger partial charge in [-0.3, -0.25) is 9.59 Å². The number of carboxylic acid groups (broad SMARTS) is 1. The summed E-state index contributed by atoms with van der Waals surface area (Å²) < 4.78 is 11.0. The Bertz CT molecular complexity index is 441. The first kappa shape index (κ1) is 16.0. The summed E-state index contributed by atoms with van der Waals surface area (Å²) in [5.74, 6) is -0.907. The van der Waals surface area contributed by atoms with Crippen molar-refractivity contribution in [1.29, 1.82) is 0 Å². The number of benzene rings is 1. The zero-order chi connectivity index (χ0) is 15.0. The van der Waals surface area contributed by atoms with Crippen LogP contribution in [0.4, 0.5) is 0 Å². The first-order chi connectivity index (χ1) is 9.60. The highest BCUT2D eigenvalue weighted by Crippen LogP contribution is 2.30. The monoisotopic (exact) mass is 280 g/mol. The van der Waals surface area contributed by atoms with Crippen molar-refractivity contribution in [2.45, 2.75) is 33.1 Å². The van der Waals surface area contributed by atoms with E-state index < -0.39 is 18.2 Å². The third-order valence-corrected chi connectivity index (χ3v) is 2.50. The number of ether oxygens (including phenoxy) is 2. The largest absolute Gasteiger partial charge is 0.493 e. The van der Waals surface area contributed by atoms with Gasteiger partial charge in [-0.1, -0.05) is 19.9 Å². The Hall–Kier alpha value is -2.04. The van der Waals surface area contributed by atoms with Gasteiger partial charge in [0.1, 0.15) is 23.5 Å². The van der Waals surface area contributed by atoms with Crippen molar-refractivity contribution in [3.8, 4) is 11.5 Å². The zero-order valence-corrected chi connectivity index (χ0v) is 11.8. The molecule has 5 heteroatoms. The van der Waals surface area contributed by atoms with E-state index >= 15 is 0 Å². The minimum atomic E-state index is -1.17. The van der Waals surface area contributed by atoms with Crippen LogP contribution in [0.15, 0.2) is 18.2 Å². The van der Waals surface area contributed by atoms with Crippen molar-refractivity contribution in [1.82, 2.24) is 0 Å². The summed E-state index contributed by atoms with van der Waals surface area (Å²) in [6.07, 6.45) is 1.02. The molecule has 1 aromatic rings. The quantitative estimate of drug-likeness (QED) is 0.556. The van der Waals surface area contributed by atoms with Gasteiger partial charge in [0.2, 0.25) is 0 Å². The zero-order valence-electron chi connectivity index (χ0n) is 11.8. The van der Waals surface area contributed by atoms with E-state index in [4.69, 9.17) is 14.6 Å². The molecular formula is C15H20O5. The molecule has 110 valence electrons. The molecule has 1 N–H and O–H groups in total. The second kappa shape index (κ2) is 8.19. The normalized spacial score (nSPS) is 10.1. The summed E-state index contributed by atoms with van der Waals surface area (Å²) in [7, 11) is 0. The molecule has 0 aromatic heterocycles. The molecular weight excluding hydrogens is 260 g/mol. The maximum absolute atomic E-state index is 12.1. The van der Waals surface area contributed by atoms with E-state index in [2.05, 4.69) is 0 Å². The van der Waals surface area contributed by atoms with Gasteiger partial charge in [-0.05, 0) is 25.0 Å². The van der Waals surface area contributed by atoms with Crippen LogP contribution in [0.1, 0.15) is 43.5 Å². The van der Waals surface area contributed by atoms with Crippen LogP contribution in [-0.2, 0) is 4.79 Å². The van der Waals surface area contributed by atoms with Crippen LogP contribution < -0.4 is 9.47 Å². The topological polar surface area (TPSA) is 72.8 Å². The average Bonchev–Trinajstić information content (AvgIpc) is 2.41. The second-order valence-electron chi connectivity index (χ2n) is 4.32. The highest BCUT2D eigenvalue weighted by molar-refractivity contribution is 6.08. The molecule has 0 aliphatic heterocycles. The SMILES string of the molecule is CCCOc1cccc(OCCC)c1C(=O)CC(=O)O. The van der Waals surface area contributed by atoms with E-state index in [1.54, 1.807) is 18.2 Å². The summed E-state index contributed by atoms with van der Waals surface area (Å²) in [4.78, 5) is 22.8.